The van der Waals surface area contributed by atoms with E-state index in [1.807, 2.05) is 18.3 Å². The molecular weight excluding hydrogens is 208 g/mol. The number of aliphatic carboxylic acids is 1. The van der Waals surface area contributed by atoms with Gasteiger partial charge in [0, 0.05) is 30.7 Å². The minimum absolute atomic E-state index is 0.115. The second-order valence-electron chi connectivity index (χ2n) is 3.62. The Kier molecular flexibility index (Phi) is 2.76. The number of carbonyl (C=O) groups is 1. The third-order valence-corrected chi connectivity index (χ3v) is 2.48. The van der Waals surface area contributed by atoms with Crippen LogP contribution in [0.25, 0.3) is 10.9 Å². The maximum Gasteiger partial charge on any atom is 0.303 e. The molecule has 0 saturated carbocycles. The van der Waals surface area contributed by atoms with Gasteiger partial charge in [0.2, 0.25) is 0 Å². The first kappa shape index (κ1) is 10.5. The Hall–Kier alpha value is -2.04. The molecule has 2 aromatic rings. The Morgan fingerprint density at radius 3 is 3.00 bits per heavy atom. The van der Waals surface area contributed by atoms with Crippen LogP contribution in [0.5, 0.6) is 0 Å². The van der Waals surface area contributed by atoms with E-state index in [1.54, 1.807) is 10.8 Å². The highest BCUT2D eigenvalue weighted by Gasteiger charge is 2.05. The van der Waals surface area contributed by atoms with Crippen molar-refractivity contribution in [3.05, 3.63) is 34.9 Å². The predicted octanol–water partition coefficient (Wildman–Crippen LogP) is 1.19. The molecule has 5 heteroatoms. The second kappa shape index (κ2) is 4.22. The first-order chi connectivity index (χ1) is 7.68. The Morgan fingerprint density at radius 2 is 2.25 bits per heavy atom. The number of H-pyrrole nitrogens is 1. The number of rotatable bonds is 4. The number of carboxylic acid groups (broad SMARTS) is 1. The maximum atomic E-state index is 11.6. The van der Waals surface area contributed by atoms with Crippen molar-refractivity contribution in [2.24, 2.45) is 0 Å². The third kappa shape index (κ3) is 1.98. The largest absolute Gasteiger partial charge is 0.481 e. The monoisotopic (exact) mass is 220 g/mol. The normalized spacial score (nSPS) is 10.8. The number of hydrogen-bond donors (Lipinski definition) is 2. The smallest absolute Gasteiger partial charge is 0.303 e. The molecule has 0 aromatic carbocycles. The summed E-state index contributed by atoms with van der Waals surface area (Å²) in [6, 6.07) is 3.68. The van der Waals surface area contributed by atoms with Crippen LogP contribution in [-0.4, -0.2) is 20.6 Å². The summed E-state index contributed by atoms with van der Waals surface area (Å²) in [7, 11) is 0. The van der Waals surface area contributed by atoms with Gasteiger partial charge in [0.05, 0.1) is 0 Å². The molecule has 5 nitrogen and oxygen atoms in total. The van der Waals surface area contributed by atoms with Crippen LogP contribution in [0, 0.1) is 0 Å². The minimum atomic E-state index is -0.814. The summed E-state index contributed by atoms with van der Waals surface area (Å²) < 4.78 is 1.79. The number of aromatic nitrogens is 2. The molecule has 2 N–H and O–H groups in total. The van der Waals surface area contributed by atoms with Crippen molar-refractivity contribution in [3.8, 4) is 0 Å². The number of carboxylic acids is 1. The third-order valence-electron chi connectivity index (χ3n) is 2.48. The van der Waals surface area contributed by atoms with Crippen molar-refractivity contribution in [2.45, 2.75) is 19.4 Å². The van der Waals surface area contributed by atoms with Gasteiger partial charge in [0.25, 0.3) is 5.56 Å². The molecule has 0 aliphatic heterocycles. The average Bonchev–Trinajstić information content (AvgIpc) is 2.62. The van der Waals surface area contributed by atoms with E-state index >= 15 is 0 Å². The Bertz CT molecular complexity index is 568. The minimum Gasteiger partial charge on any atom is -0.481 e. The SMILES string of the molecule is O=C(O)CCCn1ccc2cc[nH]c(=O)c21. The zero-order chi connectivity index (χ0) is 11.5. The van der Waals surface area contributed by atoms with Crippen molar-refractivity contribution < 1.29 is 9.90 Å². The Balaban J connectivity index is 2.25. The second-order valence-corrected chi connectivity index (χ2v) is 3.62. The average molecular weight is 220 g/mol. The van der Waals surface area contributed by atoms with Gasteiger partial charge in [-0.3, -0.25) is 9.59 Å². The van der Waals surface area contributed by atoms with Gasteiger partial charge in [-0.2, -0.15) is 0 Å². The summed E-state index contributed by atoms with van der Waals surface area (Å²) in [5.74, 6) is -0.814. The van der Waals surface area contributed by atoms with E-state index in [4.69, 9.17) is 5.11 Å². The molecule has 0 aliphatic rings. The molecule has 0 unspecified atom stereocenters. The molecule has 0 fully saturated rings. The molecule has 0 spiro atoms. The van der Waals surface area contributed by atoms with Crippen LogP contribution in [0.3, 0.4) is 0 Å². The summed E-state index contributed by atoms with van der Waals surface area (Å²) in [5.41, 5.74) is 0.464. The topological polar surface area (TPSA) is 75.1 Å². The lowest BCUT2D eigenvalue weighted by Crippen LogP contribution is -2.10. The Morgan fingerprint density at radius 1 is 1.44 bits per heavy atom. The molecule has 0 aliphatic carbocycles. The van der Waals surface area contributed by atoms with Crippen LogP contribution < -0.4 is 5.56 Å². The van der Waals surface area contributed by atoms with Gasteiger partial charge in [-0.05, 0) is 18.6 Å². The fourth-order valence-corrected chi connectivity index (χ4v) is 1.75. The van der Waals surface area contributed by atoms with Crippen molar-refractivity contribution in [1.29, 1.82) is 0 Å². The van der Waals surface area contributed by atoms with E-state index in [1.165, 1.54) is 0 Å². The molecule has 0 bridgehead atoms. The van der Waals surface area contributed by atoms with Crippen LogP contribution in [0.4, 0.5) is 0 Å². The van der Waals surface area contributed by atoms with Crippen LogP contribution >= 0.6 is 0 Å². The van der Waals surface area contributed by atoms with Gasteiger partial charge < -0.3 is 14.7 Å². The van der Waals surface area contributed by atoms with Gasteiger partial charge in [0.15, 0.2) is 0 Å². The summed E-state index contributed by atoms with van der Waals surface area (Å²) in [6.45, 7) is 0.545. The highest BCUT2D eigenvalue weighted by Crippen LogP contribution is 2.11. The van der Waals surface area contributed by atoms with Crippen molar-refractivity contribution in [3.63, 3.8) is 0 Å². The predicted molar refractivity (Wildman–Crippen MR) is 59.4 cm³/mol. The van der Waals surface area contributed by atoms with Gasteiger partial charge in [-0.25, -0.2) is 0 Å². The maximum absolute atomic E-state index is 11.6. The zero-order valence-corrected chi connectivity index (χ0v) is 8.64. The lowest BCUT2D eigenvalue weighted by molar-refractivity contribution is -0.137. The molecule has 84 valence electrons. The van der Waals surface area contributed by atoms with Gasteiger partial charge in [-0.15, -0.1) is 0 Å². The lowest BCUT2D eigenvalue weighted by atomic mass is 10.3. The lowest BCUT2D eigenvalue weighted by Gasteiger charge is -2.02. The van der Waals surface area contributed by atoms with Crippen molar-refractivity contribution in [2.75, 3.05) is 0 Å². The summed E-state index contributed by atoms with van der Waals surface area (Å²) in [4.78, 5) is 24.6. The van der Waals surface area contributed by atoms with Crippen LogP contribution in [-0.2, 0) is 11.3 Å². The summed E-state index contributed by atoms with van der Waals surface area (Å²) >= 11 is 0. The van der Waals surface area contributed by atoms with Crippen LogP contribution in [0.1, 0.15) is 12.8 Å². The van der Waals surface area contributed by atoms with Crippen LogP contribution in [0.15, 0.2) is 29.3 Å². The highest BCUT2D eigenvalue weighted by molar-refractivity contribution is 5.78. The van der Waals surface area contributed by atoms with Gasteiger partial charge in [0.1, 0.15) is 5.52 Å². The number of nitrogens with one attached hydrogen (secondary N) is 1. The van der Waals surface area contributed by atoms with E-state index in [9.17, 15) is 9.59 Å². The summed E-state index contributed by atoms with van der Waals surface area (Å²) in [5, 5.41) is 9.41. The van der Waals surface area contributed by atoms with E-state index in [0.29, 0.717) is 18.5 Å². The molecular formula is C11H12N2O3. The highest BCUT2D eigenvalue weighted by atomic mass is 16.4. The van der Waals surface area contributed by atoms with Gasteiger partial charge >= 0.3 is 5.97 Å². The van der Waals surface area contributed by atoms with E-state index in [2.05, 4.69) is 4.98 Å². The van der Waals surface area contributed by atoms with Gasteiger partial charge in [-0.1, -0.05) is 0 Å². The fraction of sp³-hybridized carbons (Fsp3) is 0.273. The van der Waals surface area contributed by atoms with E-state index in [0.717, 1.165) is 5.39 Å². The van der Waals surface area contributed by atoms with Crippen molar-refractivity contribution in [1.82, 2.24) is 9.55 Å². The Labute approximate surface area is 91.3 Å². The molecule has 16 heavy (non-hydrogen) atoms. The standard InChI is InChI=1S/C11H12N2O3/c14-9(15)2-1-6-13-7-4-8-3-5-12-11(16)10(8)13/h3-5,7H,1-2,6H2,(H,12,16)(H,14,15). The molecule has 2 rings (SSSR count). The number of fused-ring (bicyclic) bond motifs is 1. The fourth-order valence-electron chi connectivity index (χ4n) is 1.75. The molecule has 0 amide bonds. The summed E-state index contributed by atoms with van der Waals surface area (Å²) in [6.07, 6.45) is 4.05. The van der Waals surface area contributed by atoms with E-state index in [-0.39, 0.29) is 12.0 Å². The van der Waals surface area contributed by atoms with Crippen molar-refractivity contribution >= 4 is 16.9 Å². The first-order valence-electron chi connectivity index (χ1n) is 5.07. The molecule has 0 atom stereocenters. The van der Waals surface area contributed by atoms with Crippen LogP contribution in [0.2, 0.25) is 0 Å². The molecule has 0 saturated heterocycles. The number of pyridine rings is 1. The quantitative estimate of drug-likeness (QED) is 0.812. The number of hydrogen-bond acceptors (Lipinski definition) is 2. The number of aromatic amines is 1. The number of nitrogens with zero attached hydrogens (tertiary/aromatic N) is 1. The molecule has 2 heterocycles. The van der Waals surface area contributed by atoms with E-state index < -0.39 is 5.97 Å². The zero-order valence-electron chi connectivity index (χ0n) is 8.64. The molecule has 0 radical (unpaired) electrons. The number of aryl methyl sites for hydroxylation is 1. The molecule has 2 aromatic heterocycles. The first-order valence-corrected chi connectivity index (χ1v) is 5.07.